The molecule has 2 rings (SSSR count). The number of aromatic nitrogens is 1. The average Bonchev–Trinajstić information content (AvgIpc) is 2.39. The molecule has 1 amide bonds. The fraction of sp³-hybridized carbons (Fsp3) is 0.571. The predicted octanol–water partition coefficient (Wildman–Crippen LogP) is 3.06. The van der Waals surface area contributed by atoms with Crippen molar-refractivity contribution in [1.29, 1.82) is 0 Å². The highest BCUT2D eigenvalue weighted by molar-refractivity contribution is 6.34. The van der Waals surface area contributed by atoms with Gasteiger partial charge in [0.25, 0.3) is 5.91 Å². The highest BCUT2D eigenvalue weighted by Crippen LogP contribution is 2.31. The Morgan fingerprint density at radius 2 is 2.30 bits per heavy atom. The number of amides is 1. The van der Waals surface area contributed by atoms with Crippen LogP contribution < -0.4 is 5.32 Å². The van der Waals surface area contributed by atoms with Gasteiger partial charge in [0.2, 0.25) is 0 Å². The minimum absolute atomic E-state index is 0.0895. The summed E-state index contributed by atoms with van der Waals surface area (Å²) in [6.07, 6.45) is 3.50. The largest absolute Gasteiger partial charge is 0.388 e. The lowest BCUT2D eigenvalue weighted by atomic mass is 9.79. The first-order valence-corrected chi connectivity index (χ1v) is 7.48. The summed E-state index contributed by atoms with van der Waals surface area (Å²) in [5.74, 6) is 0.0580. The molecule has 1 aliphatic rings. The molecule has 4 nitrogen and oxygen atoms in total. The molecule has 0 spiro atoms. The minimum atomic E-state index is -0.835. The van der Waals surface area contributed by atoms with Gasteiger partial charge in [0.15, 0.2) is 0 Å². The molecule has 2 N–H and O–H groups in total. The maximum atomic E-state index is 12.1. The fourth-order valence-corrected chi connectivity index (χ4v) is 3.04. The normalized spacial score (nSPS) is 26.3. The molecule has 6 heteroatoms. The van der Waals surface area contributed by atoms with Gasteiger partial charge < -0.3 is 10.4 Å². The standard InChI is InChI=1S/C14H18Cl2N2O2/c1-9-3-2-6-14(20,7-9)8-17-13(19)12-10(15)4-5-11(16)18-12/h4-5,9,20H,2-3,6-8H2,1H3,(H,17,19). The van der Waals surface area contributed by atoms with Crippen molar-refractivity contribution in [3.05, 3.63) is 28.0 Å². The summed E-state index contributed by atoms with van der Waals surface area (Å²) in [7, 11) is 0. The van der Waals surface area contributed by atoms with E-state index in [2.05, 4.69) is 17.2 Å². The molecule has 0 saturated heterocycles. The van der Waals surface area contributed by atoms with E-state index in [0.29, 0.717) is 18.8 Å². The maximum absolute atomic E-state index is 12.1. The van der Waals surface area contributed by atoms with Crippen LogP contribution in [0.5, 0.6) is 0 Å². The topological polar surface area (TPSA) is 62.2 Å². The Labute approximate surface area is 128 Å². The van der Waals surface area contributed by atoms with Crippen molar-refractivity contribution in [3.63, 3.8) is 0 Å². The fourth-order valence-electron chi connectivity index (χ4n) is 2.70. The van der Waals surface area contributed by atoms with Gasteiger partial charge in [-0.25, -0.2) is 4.98 Å². The van der Waals surface area contributed by atoms with Gasteiger partial charge in [-0.1, -0.05) is 43.0 Å². The molecule has 20 heavy (non-hydrogen) atoms. The first-order valence-electron chi connectivity index (χ1n) is 6.72. The van der Waals surface area contributed by atoms with Crippen LogP contribution in [0.1, 0.15) is 43.1 Å². The van der Waals surface area contributed by atoms with E-state index in [9.17, 15) is 9.90 Å². The number of rotatable bonds is 3. The van der Waals surface area contributed by atoms with Crippen LogP contribution in [0.4, 0.5) is 0 Å². The zero-order chi connectivity index (χ0) is 14.8. The van der Waals surface area contributed by atoms with E-state index in [1.165, 1.54) is 12.1 Å². The third-order valence-electron chi connectivity index (χ3n) is 3.67. The molecular weight excluding hydrogens is 299 g/mol. The minimum Gasteiger partial charge on any atom is -0.388 e. The van der Waals surface area contributed by atoms with E-state index >= 15 is 0 Å². The molecule has 0 bridgehead atoms. The van der Waals surface area contributed by atoms with E-state index in [4.69, 9.17) is 23.2 Å². The molecule has 0 aromatic carbocycles. The Bertz CT molecular complexity index is 510. The second-order valence-corrected chi connectivity index (χ2v) is 6.37. The number of halogens is 2. The van der Waals surface area contributed by atoms with E-state index in [-0.39, 0.29) is 22.4 Å². The van der Waals surface area contributed by atoms with Gasteiger partial charge in [-0.3, -0.25) is 4.79 Å². The van der Waals surface area contributed by atoms with Crippen molar-refractivity contribution in [2.45, 2.75) is 38.2 Å². The van der Waals surface area contributed by atoms with Crippen LogP contribution in [-0.2, 0) is 0 Å². The number of hydrogen-bond donors (Lipinski definition) is 2. The molecule has 1 aliphatic carbocycles. The van der Waals surface area contributed by atoms with E-state index in [1.54, 1.807) is 0 Å². The first kappa shape index (κ1) is 15.5. The van der Waals surface area contributed by atoms with Crippen molar-refractivity contribution < 1.29 is 9.90 Å². The van der Waals surface area contributed by atoms with Gasteiger partial charge in [0.05, 0.1) is 10.6 Å². The van der Waals surface area contributed by atoms with Gasteiger partial charge in [-0.05, 0) is 30.9 Å². The molecule has 1 aromatic heterocycles. The maximum Gasteiger partial charge on any atom is 0.271 e. The van der Waals surface area contributed by atoms with Gasteiger partial charge >= 0.3 is 0 Å². The SMILES string of the molecule is CC1CCCC(O)(CNC(=O)c2nc(Cl)ccc2Cl)C1. The average molecular weight is 317 g/mol. The Morgan fingerprint density at radius 1 is 1.55 bits per heavy atom. The van der Waals surface area contributed by atoms with Crippen LogP contribution in [0.2, 0.25) is 10.2 Å². The zero-order valence-electron chi connectivity index (χ0n) is 11.3. The van der Waals surface area contributed by atoms with Crippen LogP contribution in [0.15, 0.2) is 12.1 Å². The highest BCUT2D eigenvalue weighted by atomic mass is 35.5. The van der Waals surface area contributed by atoms with Crippen molar-refractivity contribution in [3.8, 4) is 0 Å². The van der Waals surface area contributed by atoms with E-state index in [0.717, 1.165) is 12.8 Å². The molecule has 1 saturated carbocycles. The lowest BCUT2D eigenvalue weighted by Crippen LogP contribution is -2.46. The predicted molar refractivity (Wildman–Crippen MR) is 79.2 cm³/mol. The Morgan fingerprint density at radius 3 is 3.00 bits per heavy atom. The molecule has 2 unspecified atom stereocenters. The summed E-state index contributed by atoms with van der Waals surface area (Å²) in [6.45, 7) is 2.32. The van der Waals surface area contributed by atoms with Crippen molar-refractivity contribution in [2.75, 3.05) is 6.54 Å². The van der Waals surface area contributed by atoms with Gasteiger partial charge in [0.1, 0.15) is 10.8 Å². The number of carbonyl (C=O) groups excluding carboxylic acids is 1. The van der Waals surface area contributed by atoms with Crippen LogP contribution in [0.3, 0.4) is 0 Å². The number of carbonyl (C=O) groups is 1. The van der Waals surface area contributed by atoms with Gasteiger partial charge in [-0.15, -0.1) is 0 Å². The van der Waals surface area contributed by atoms with Gasteiger partial charge in [0, 0.05) is 6.54 Å². The molecule has 1 fully saturated rings. The zero-order valence-corrected chi connectivity index (χ0v) is 12.8. The lowest BCUT2D eigenvalue weighted by Gasteiger charge is -2.35. The molecule has 0 radical (unpaired) electrons. The monoisotopic (exact) mass is 316 g/mol. The van der Waals surface area contributed by atoms with Crippen LogP contribution in [0, 0.1) is 5.92 Å². The summed E-state index contributed by atoms with van der Waals surface area (Å²) in [4.78, 5) is 16.0. The summed E-state index contributed by atoms with van der Waals surface area (Å²) in [6, 6.07) is 3.06. The number of nitrogens with zero attached hydrogens (tertiary/aromatic N) is 1. The highest BCUT2D eigenvalue weighted by Gasteiger charge is 2.33. The Hall–Kier alpha value is -0.840. The number of hydrogen-bond acceptors (Lipinski definition) is 3. The van der Waals surface area contributed by atoms with Crippen molar-refractivity contribution >= 4 is 29.1 Å². The second kappa shape index (κ2) is 6.29. The molecule has 1 aromatic rings. The smallest absolute Gasteiger partial charge is 0.271 e. The van der Waals surface area contributed by atoms with Crippen LogP contribution >= 0.6 is 23.2 Å². The van der Waals surface area contributed by atoms with Crippen molar-refractivity contribution in [1.82, 2.24) is 10.3 Å². The third-order valence-corrected chi connectivity index (χ3v) is 4.19. The van der Waals surface area contributed by atoms with E-state index in [1.807, 2.05) is 0 Å². The summed E-state index contributed by atoms with van der Waals surface area (Å²) < 4.78 is 0. The molecule has 1 heterocycles. The number of pyridine rings is 1. The summed E-state index contributed by atoms with van der Waals surface area (Å²) >= 11 is 11.7. The number of aliphatic hydroxyl groups is 1. The van der Waals surface area contributed by atoms with E-state index < -0.39 is 11.5 Å². The molecule has 110 valence electrons. The Kier molecular flexibility index (Phi) is 4.89. The quantitative estimate of drug-likeness (QED) is 0.842. The first-order chi connectivity index (χ1) is 9.39. The van der Waals surface area contributed by atoms with Crippen molar-refractivity contribution in [2.24, 2.45) is 5.92 Å². The summed E-state index contributed by atoms with van der Waals surface area (Å²) in [5.41, 5.74) is -0.745. The second-order valence-electron chi connectivity index (χ2n) is 5.57. The molecule has 2 atom stereocenters. The van der Waals surface area contributed by atoms with Crippen LogP contribution in [-0.4, -0.2) is 28.1 Å². The third kappa shape index (κ3) is 3.84. The molecule has 0 aliphatic heterocycles. The van der Waals surface area contributed by atoms with Crippen LogP contribution in [0.25, 0.3) is 0 Å². The Balaban J connectivity index is 1.99. The lowest BCUT2D eigenvalue weighted by molar-refractivity contribution is -0.0109. The van der Waals surface area contributed by atoms with Gasteiger partial charge in [-0.2, -0.15) is 0 Å². The number of nitrogens with one attached hydrogen (secondary N) is 1. The molecular formula is C14H18Cl2N2O2. The summed E-state index contributed by atoms with van der Waals surface area (Å²) in [5, 5.41) is 13.6.